The summed E-state index contributed by atoms with van der Waals surface area (Å²) in [5.74, 6) is 0. The minimum atomic E-state index is 0.506. The van der Waals surface area contributed by atoms with Gasteiger partial charge >= 0.3 is 0 Å². The van der Waals surface area contributed by atoms with Crippen molar-refractivity contribution in [2.24, 2.45) is 0 Å². The Kier molecular flexibility index (Phi) is 1.18. The average Bonchev–Trinajstić information content (AvgIpc) is 2.46. The van der Waals surface area contributed by atoms with Crippen molar-refractivity contribution in [3.8, 4) is 0 Å². The topological polar surface area (TPSA) is 58.6 Å². The fourth-order valence-corrected chi connectivity index (χ4v) is 0.934. The third-order valence-electron chi connectivity index (χ3n) is 1.41. The number of carbonyl (C=O) groups excluding carboxylic acids is 1. The Morgan fingerprint density at radius 3 is 2.91 bits per heavy atom. The largest absolute Gasteiger partial charge is 0.336 e. The molecule has 0 unspecified atom stereocenters. The maximum absolute atomic E-state index is 10.3. The van der Waals surface area contributed by atoms with Crippen LogP contribution in [-0.4, -0.2) is 21.2 Å². The second kappa shape index (κ2) is 2.16. The lowest BCUT2D eigenvalue weighted by molar-refractivity contribution is 0.112. The van der Waals surface area contributed by atoms with Crippen LogP contribution in [0.25, 0.3) is 11.2 Å². The number of nitrogens with zero attached hydrogens (tertiary/aromatic N) is 2. The molecule has 0 aliphatic carbocycles. The van der Waals surface area contributed by atoms with E-state index in [9.17, 15) is 4.79 Å². The average molecular weight is 147 g/mol. The number of aromatic nitrogens is 3. The first-order valence-corrected chi connectivity index (χ1v) is 3.15. The normalized spacial score (nSPS) is 10.2. The Balaban J connectivity index is 2.78. The van der Waals surface area contributed by atoms with E-state index in [2.05, 4.69) is 15.0 Å². The molecule has 54 valence electrons. The van der Waals surface area contributed by atoms with Gasteiger partial charge in [-0.15, -0.1) is 0 Å². The Morgan fingerprint density at radius 2 is 2.18 bits per heavy atom. The fourth-order valence-electron chi connectivity index (χ4n) is 0.934. The van der Waals surface area contributed by atoms with Gasteiger partial charge < -0.3 is 4.98 Å². The van der Waals surface area contributed by atoms with Crippen LogP contribution in [0.15, 0.2) is 18.5 Å². The van der Waals surface area contributed by atoms with Gasteiger partial charge in [0.2, 0.25) is 0 Å². The Morgan fingerprint density at radius 1 is 1.36 bits per heavy atom. The summed E-state index contributed by atoms with van der Waals surface area (Å²) >= 11 is 0. The summed E-state index contributed by atoms with van der Waals surface area (Å²) in [6.45, 7) is 0. The molecule has 0 bridgehead atoms. The van der Waals surface area contributed by atoms with E-state index in [0.29, 0.717) is 11.3 Å². The number of hydrogen-bond donors (Lipinski definition) is 1. The van der Waals surface area contributed by atoms with Crippen molar-refractivity contribution >= 4 is 17.5 Å². The van der Waals surface area contributed by atoms with Gasteiger partial charge in [0.05, 0.1) is 5.69 Å². The Labute approximate surface area is 62.3 Å². The van der Waals surface area contributed by atoms with Crippen LogP contribution in [0.1, 0.15) is 10.5 Å². The lowest BCUT2D eigenvalue weighted by Crippen LogP contribution is -1.78. The summed E-state index contributed by atoms with van der Waals surface area (Å²) in [5, 5.41) is 0. The number of hydrogen-bond acceptors (Lipinski definition) is 3. The minimum absolute atomic E-state index is 0.506. The zero-order chi connectivity index (χ0) is 7.68. The van der Waals surface area contributed by atoms with E-state index in [1.807, 2.05) is 0 Å². The second-order valence-electron chi connectivity index (χ2n) is 2.13. The van der Waals surface area contributed by atoms with Crippen LogP contribution in [0.2, 0.25) is 0 Å². The first kappa shape index (κ1) is 6.03. The van der Waals surface area contributed by atoms with E-state index in [1.54, 1.807) is 18.5 Å². The molecule has 0 fully saturated rings. The molecule has 0 aliphatic rings. The molecule has 0 saturated heterocycles. The fraction of sp³-hybridized carbons (Fsp3) is 0. The van der Waals surface area contributed by atoms with Crippen molar-refractivity contribution in [2.75, 3.05) is 0 Å². The molecule has 2 aromatic heterocycles. The van der Waals surface area contributed by atoms with E-state index in [-0.39, 0.29) is 0 Å². The smallest absolute Gasteiger partial charge is 0.166 e. The molecule has 0 spiro atoms. The molecule has 2 aromatic rings. The highest BCUT2D eigenvalue weighted by Crippen LogP contribution is 2.06. The number of aromatic amines is 1. The lowest BCUT2D eigenvalue weighted by Gasteiger charge is -1.82. The van der Waals surface area contributed by atoms with E-state index >= 15 is 0 Å². The molecular weight excluding hydrogens is 142 g/mol. The van der Waals surface area contributed by atoms with Crippen molar-refractivity contribution < 1.29 is 4.79 Å². The van der Waals surface area contributed by atoms with Gasteiger partial charge in [-0.25, -0.2) is 4.98 Å². The summed E-state index contributed by atoms with van der Waals surface area (Å²) in [6, 6.07) is 1.66. The number of aldehydes is 1. The zero-order valence-corrected chi connectivity index (χ0v) is 5.61. The molecule has 0 aliphatic heterocycles. The highest BCUT2D eigenvalue weighted by molar-refractivity contribution is 5.82. The molecule has 2 heterocycles. The van der Waals surface area contributed by atoms with E-state index < -0.39 is 0 Å². The second-order valence-corrected chi connectivity index (χ2v) is 2.13. The van der Waals surface area contributed by atoms with Crippen LogP contribution in [0.3, 0.4) is 0 Å². The zero-order valence-electron chi connectivity index (χ0n) is 5.61. The monoisotopic (exact) mass is 147 g/mol. The maximum atomic E-state index is 10.3. The Hall–Kier alpha value is -1.71. The number of rotatable bonds is 1. The van der Waals surface area contributed by atoms with Gasteiger partial charge in [0.1, 0.15) is 5.52 Å². The maximum Gasteiger partial charge on any atom is 0.166 e. The standard InChI is InChI=1S/C7H5N3O/c11-4-5-3-6-7(10-5)9-2-1-8-6/h1-4H,(H,9,10). The first-order valence-electron chi connectivity index (χ1n) is 3.15. The van der Waals surface area contributed by atoms with Crippen molar-refractivity contribution in [3.63, 3.8) is 0 Å². The van der Waals surface area contributed by atoms with Gasteiger partial charge in [-0.3, -0.25) is 9.78 Å². The van der Waals surface area contributed by atoms with Crippen molar-refractivity contribution in [3.05, 3.63) is 24.2 Å². The predicted molar refractivity (Wildman–Crippen MR) is 39.3 cm³/mol. The quantitative estimate of drug-likeness (QED) is 0.606. The van der Waals surface area contributed by atoms with Crippen LogP contribution in [0.5, 0.6) is 0 Å². The number of H-pyrrole nitrogens is 1. The number of fused-ring (bicyclic) bond motifs is 1. The van der Waals surface area contributed by atoms with Gasteiger partial charge in [-0.1, -0.05) is 0 Å². The molecule has 0 radical (unpaired) electrons. The molecule has 0 aromatic carbocycles. The summed E-state index contributed by atoms with van der Waals surface area (Å²) in [7, 11) is 0. The highest BCUT2D eigenvalue weighted by Gasteiger charge is 1.98. The first-order chi connectivity index (χ1) is 5.40. The number of nitrogens with one attached hydrogen (secondary N) is 1. The summed E-state index contributed by atoms with van der Waals surface area (Å²) in [5.41, 5.74) is 1.87. The third-order valence-corrected chi connectivity index (χ3v) is 1.41. The molecule has 11 heavy (non-hydrogen) atoms. The molecule has 4 nitrogen and oxygen atoms in total. The molecule has 0 amide bonds. The van der Waals surface area contributed by atoms with E-state index in [4.69, 9.17) is 0 Å². The van der Waals surface area contributed by atoms with Gasteiger partial charge in [0, 0.05) is 12.4 Å². The Bertz CT molecular complexity index is 360. The van der Waals surface area contributed by atoms with Crippen LogP contribution in [0, 0.1) is 0 Å². The molecule has 0 atom stereocenters. The summed E-state index contributed by atoms with van der Waals surface area (Å²) in [6.07, 6.45) is 3.90. The molecule has 0 saturated carbocycles. The number of carbonyl (C=O) groups is 1. The van der Waals surface area contributed by atoms with Crippen LogP contribution in [0.4, 0.5) is 0 Å². The van der Waals surface area contributed by atoms with Gasteiger partial charge in [0.15, 0.2) is 11.9 Å². The van der Waals surface area contributed by atoms with Crippen LogP contribution < -0.4 is 0 Å². The van der Waals surface area contributed by atoms with Gasteiger partial charge in [0.25, 0.3) is 0 Å². The third kappa shape index (κ3) is 0.881. The lowest BCUT2D eigenvalue weighted by atomic mass is 10.4. The molecule has 2 rings (SSSR count). The van der Waals surface area contributed by atoms with Crippen molar-refractivity contribution in [1.82, 2.24) is 15.0 Å². The van der Waals surface area contributed by atoms with Crippen LogP contribution >= 0.6 is 0 Å². The summed E-state index contributed by atoms with van der Waals surface area (Å²) < 4.78 is 0. The van der Waals surface area contributed by atoms with Crippen molar-refractivity contribution in [2.45, 2.75) is 0 Å². The molecule has 4 heteroatoms. The minimum Gasteiger partial charge on any atom is -0.336 e. The molecule has 1 N–H and O–H groups in total. The SMILES string of the molecule is O=Cc1cc2nccnc2[nH]1. The van der Waals surface area contributed by atoms with E-state index in [1.165, 1.54) is 0 Å². The van der Waals surface area contributed by atoms with Crippen molar-refractivity contribution in [1.29, 1.82) is 0 Å². The van der Waals surface area contributed by atoms with Gasteiger partial charge in [-0.2, -0.15) is 0 Å². The van der Waals surface area contributed by atoms with Crippen LogP contribution in [-0.2, 0) is 0 Å². The summed E-state index contributed by atoms with van der Waals surface area (Å²) in [4.78, 5) is 21.1. The highest BCUT2D eigenvalue weighted by atomic mass is 16.1. The molecular formula is C7H5N3O. The van der Waals surface area contributed by atoms with Gasteiger partial charge in [-0.05, 0) is 6.07 Å². The van der Waals surface area contributed by atoms with E-state index in [0.717, 1.165) is 11.8 Å². The predicted octanol–water partition coefficient (Wildman–Crippen LogP) is 0.770.